The normalized spacial score (nSPS) is 11.1. The van der Waals surface area contributed by atoms with Gasteiger partial charge in [0.2, 0.25) is 0 Å². The Balaban J connectivity index is 2.16. The molecule has 0 atom stereocenters. The number of nitrogens with zero attached hydrogens (tertiary/aromatic N) is 3. The van der Waals surface area contributed by atoms with Crippen LogP contribution in [0.4, 0.5) is 5.69 Å². The molecular weight excluding hydrogens is 372 g/mol. The van der Waals surface area contributed by atoms with Crippen molar-refractivity contribution in [3.05, 3.63) is 62.4 Å². The van der Waals surface area contributed by atoms with Gasteiger partial charge in [0.05, 0.1) is 12.3 Å². The second-order valence-corrected chi connectivity index (χ2v) is 7.06. The molecule has 0 bridgehead atoms. The number of hydrogen-bond donors (Lipinski definition) is 1. The van der Waals surface area contributed by atoms with Crippen LogP contribution in [-0.2, 0) is 14.1 Å². The molecule has 1 aromatic carbocycles. The highest BCUT2D eigenvalue weighted by Crippen LogP contribution is 2.29. The molecule has 2 heterocycles. The fraction of sp³-hybridized carbons (Fsp3) is 0.333. The molecule has 0 saturated heterocycles. The van der Waals surface area contributed by atoms with Gasteiger partial charge in [0.25, 0.3) is 11.5 Å². The smallest absolute Gasteiger partial charge is 0.332 e. The molecule has 0 aliphatic carbocycles. The molecule has 3 aromatic rings. The summed E-state index contributed by atoms with van der Waals surface area (Å²) in [6, 6.07) is 6.75. The first-order valence-corrected chi connectivity index (χ1v) is 9.39. The average Bonchev–Trinajstić information content (AvgIpc) is 2.70. The summed E-state index contributed by atoms with van der Waals surface area (Å²) < 4.78 is 7.72. The number of nitrogens with one attached hydrogen (secondary N) is 1. The molecule has 29 heavy (non-hydrogen) atoms. The van der Waals surface area contributed by atoms with Gasteiger partial charge >= 0.3 is 5.69 Å². The lowest BCUT2D eigenvalue weighted by Gasteiger charge is -2.17. The van der Waals surface area contributed by atoms with Crippen molar-refractivity contribution in [3.8, 4) is 5.75 Å². The Labute approximate surface area is 167 Å². The second-order valence-electron chi connectivity index (χ2n) is 7.06. The highest BCUT2D eigenvalue weighted by atomic mass is 16.5. The Hall–Kier alpha value is -3.42. The Morgan fingerprint density at radius 3 is 2.38 bits per heavy atom. The first-order valence-electron chi connectivity index (χ1n) is 9.39. The van der Waals surface area contributed by atoms with E-state index in [1.54, 1.807) is 37.5 Å². The van der Waals surface area contributed by atoms with Crippen molar-refractivity contribution in [3.63, 3.8) is 0 Å². The maximum atomic E-state index is 12.9. The summed E-state index contributed by atoms with van der Waals surface area (Å²) in [5.74, 6) is 0.313. The van der Waals surface area contributed by atoms with Crippen LogP contribution in [0.15, 0.2) is 40.1 Å². The summed E-state index contributed by atoms with van der Waals surface area (Å²) in [6.45, 7) is 6.31. The van der Waals surface area contributed by atoms with E-state index < -0.39 is 11.2 Å². The Bertz CT molecular complexity index is 1190. The van der Waals surface area contributed by atoms with E-state index in [9.17, 15) is 14.4 Å². The van der Waals surface area contributed by atoms with E-state index in [-0.39, 0.29) is 22.9 Å². The molecule has 0 radical (unpaired) electrons. The highest BCUT2D eigenvalue weighted by molar-refractivity contribution is 6.09. The van der Waals surface area contributed by atoms with E-state index in [1.807, 2.05) is 20.8 Å². The number of aromatic nitrogens is 3. The van der Waals surface area contributed by atoms with Crippen LogP contribution in [0.5, 0.6) is 5.75 Å². The zero-order valence-corrected chi connectivity index (χ0v) is 17.1. The number of pyridine rings is 1. The Morgan fingerprint density at radius 2 is 1.79 bits per heavy atom. The number of benzene rings is 1. The van der Waals surface area contributed by atoms with E-state index in [4.69, 9.17) is 4.74 Å². The van der Waals surface area contributed by atoms with Crippen LogP contribution in [0.2, 0.25) is 0 Å². The molecule has 1 N–H and O–H groups in total. The average molecular weight is 396 g/mol. The van der Waals surface area contributed by atoms with Crippen LogP contribution < -0.4 is 21.3 Å². The van der Waals surface area contributed by atoms with E-state index in [2.05, 4.69) is 10.3 Å². The first-order chi connectivity index (χ1) is 13.8. The van der Waals surface area contributed by atoms with Crippen LogP contribution in [0.3, 0.4) is 0 Å². The minimum Gasteiger partial charge on any atom is -0.494 e. The minimum absolute atomic E-state index is 0.00414. The van der Waals surface area contributed by atoms with E-state index in [0.717, 1.165) is 4.57 Å². The number of anilines is 1. The summed E-state index contributed by atoms with van der Waals surface area (Å²) >= 11 is 0. The topological polar surface area (TPSA) is 95.2 Å². The summed E-state index contributed by atoms with van der Waals surface area (Å²) in [6.07, 6.45) is 1.60. The molecule has 3 rings (SSSR count). The minimum atomic E-state index is -0.500. The monoisotopic (exact) mass is 396 g/mol. The van der Waals surface area contributed by atoms with Gasteiger partial charge in [-0.25, -0.2) is 9.78 Å². The number of aryl methyl sites for hydroxylation is 1. The van der Waals surface area contributed by atoms with Gasteiger partial charge in [-0.1, -0.05) is 13.8 Å². The van der Waals surface area contributed by atoms with Crippen molar-refractivity contribution in [1.29, 1.82) is 0 Å². The quantitative estimate of drug-likeness (QED) is 0.715. The zero-order chi connectivity index (χ0) is 21.3. The lowest BCUT2D eigenvalue weighted by atomic mass is 10.0. The molecule has 0 spiro atoms. The van der Waals surface area contributed by atoms with Crippen LogP contribution in [0.25, 0.3) is 11.0 Å². The molecule has 1 amide bonds. The third kappa shape index (κ3) is 3.65. The van der Waals surface area contributed by atoms with Gasteiger partial charge < -0.3 is 10.1 Å². The number of carbonyl (C=O) groups is 1. The molecule has 0 aliphatic heterocycles. The Kier molecular flexibility index (Phi) is 5.54. The number of rotatable bonds is 5. The Morgan fingerprint density at radius 1 is 1.14 bits per heavy atom. The van der Waals surface area contributed by atoms with Crippen molar-refractivity contribution >= 4 is 22.6 Å². The van der Waals surface area contributed by atoms with Crippen LogP contribution in [-0.4, -0.2) is 26.6 Å². The predicted molar refractivity (Wildman–Crippen MR) is 112 cm³/mol. The van der Waals surface area contributed by atoms with Gasteiger partial charge in [0.15, 0.2) is 5.65 Å². The molecular formula is C21H24N4O4. The molecule has 0 aliphatic rings. The maximum Gasteiger partial charge on any atom is 0.332 e. The van der Waals surface area contributed by atoms with Crippen molar-refractivity contribution < 1.29 is 9.53 Å². The van der Waals surface area contributed by atoms with Gasteiger partial charge in [-0.3, -0.25) is 18.7 Å². The summed E-state index contributed by atoms with van der Waals surface area (Å²) in [5.41, 5.74) is 0.767. The predicted octanol–water partition coefficient (Wildman–Crippen LogP) is 2.41. The maximum absolute atomic E-state index is 12.9. The molecule has 0 fully saturated rings. The van der Waals surface area contributed by atoms with Crippen molar-refractivity contribution in [1.82, 2.24) is 14.1 Å². The lowest BCUT2D eigenvalue weighted by Crippen LogP contribution is -2.38. The summed E-state index contributed by atoms with van der Waals surface area (Å²) in [7, 11) is 2.95. The fourth-order valence-corrected chi connectivity index (χ4v) is 3.17. The zero-order valence-electron chi connectivity index (χ0n) is 17.1. The van der Waals surface area contributed by atoms with Crippen LogP contribution >= 0.6 is 0 Å². The molecule has 0 unspecified atom stereocenters. The van der Waals surface area contributed by atoms with E-state index >= 15 is 0 Å². The SMILES string of the molecule is CCOc1ccc(C(=O)Nc2c(C(C)C)cnc3c2c(=O)n(C)c(=O)n3C)cc1. The number of fused-ring (bicyclic) bond motifs is 1. The van der Waals surface area contributed by atoms with Gasteiger partial charge in [-0.05, 0) is 42.7 Å². The highest BCUT2D eigenvalue weighted by Gasteiger charge is 2.20. The van der Waals surface area contributed by atoms with Crippen molar-refractivity contribution in [2.45, 2.75) is 26.7 Å². The van der Waals surface area contributed by atoms with Crippen LogP contribution in [0.1, 0.15) is 42.6 Å². The number of ether oxygens (including phenoxy) is 1. The molecule has 152 valence electrons. The van der Waals surface area contributed by atoms with Gasteiger partial charge in [0, 0.05) is 25.9 Å². The van der Waals surface area contributed by atoms with Gasteiger partial charge in [-0.2, -0.15) is 0 Å². The van der Waals surface area contributed by atoms with Gasteiger partial charge in [0.1, 0.15) is 11.1 Å². The molecule has 8 heteroatoms. The van der Waals surface area contributed by atoms with Crippen molar-refractivity contribution in [2.75, 3.05) is 11.9 Å². The number of carbonyl (C=O) groups excluding carboxylic acids is 1. The molecule has 2 aromatic heterocycles. The largest absolute Gasteiger partial charge is 0.494 e. The third-order valence-electron chi connectivity index (χ3n) is 4.79. The van der Waals surface area contributed by atoms with E-state index in [1.165, 1.54) is 11.6 Å². The first kappa shape index (κ1) is 20.3. The number of amides is 1. The summed E-state index contributed by atoms with van der Waals surface area (Å²) in [5, 5.41) is 3.08. The van der Waals surface area contributed by atoms with Crippen LogP contribution in [0, 0.1) is 0 Å². The number of hydrogen-bond acceptors (Lipinski definition) is 5. The second kappa shape index (κ2) is 7.90. The molecule has 0 saturated carbocycles. The van der Waals surface area contributed by atoms with Crippen molar-refractivity contribution in [2.24, 2.45) is 14.1 Å². The van der Waals surface area contributed by atoms with E-state index in [0.29, 0.717) is 29.2 Å². The lowest BCUT2D eigenvalue weighted by molar-refractivity contribution is 0.102. The fourth-order valence-electron chi connectivity index (χ4n) is 3.17. The standard InChI is InChI=1S/C21H24N4O4/c1-6-29-14-9-7-13(8-10-14)19(26)23-17-15(12(2)3)11-22-18-16(17)20(27)25(5)21(28)24(18)4/h7-12H,6H2,1-5H3,(H,22,23,26). The summed E-state index contributed by atoms with van der Waals surface area (Å²) in [4.78, 5) is 42.3. The third-order valence-corrected chi connectivity index (χ3v) is 4.79. The molecule has 8 nitrogen and oxygen atoms in total. The van der Waals surface area contributed by atoms with Gasteiger partial charge in [-0.15, -0.1) is 0 Å².